The summed E-state index contributed by atoms with van der Waals surface area (Å²) in [5, 5.41) is 5.14. The van der Waals surface area contributed by atoms with E-state index in [1.807, 2.05) is 12.3 Å². The Morgan fingerprint density at radius 1 is 1.29 bits per heavy atom. The molecule has 0 atom stereocenters. The zero-order valence-electron chi connectivity index (χ0n) is 13.4. The number of hydrogen-bond donors (Lipinski definition) is 1. The fraction of sp³-hybridized carbons (Fsp3) is 0.333. The van der Waals surface area contributed by atoms with Crippen molar-refractivity contribution in [3.8, 4) is 0 Å². The van der Waals surface area contributed by atoms with Crippen LogP contribution in [-0.4, -0.2) is 18.5 Å². The number of hydrogen-bond acceptors (Lipinski definition) is 4. The van der Waals surface area contributed by atoms with E-state index in [9.17, 15) is 9.59 Å². The smallest absolute Gasteiger partial charge is 0.339 e. The topological polar surface area (TPSA) is 55.4 Å². The highest BCUT2D eigenvalue weighted by Crippen LogP contribution is 2.30. The van der Waals surface area contributed by atoms with Crippen molar-refractivity contribution in [2.45, 2.75) is 32.6 Å². The number of esters is 1. The Morgan fingerprint density at radius 2 is 2.08 bits per heavy atom. The van der Waals surface area contributed by atoms with Gasteiger partial charge >= 0.3 is 5.97 Å². The Bertz CT molecular complexity index is 785. The van der Waals surface area contributed by atoms with Crippen LogP contribution in [0.2, 0.25) is 5.02 Å². The molecule has 0 aliphatic heterocycles. The summed E-state index contributed by atoms with van der Waals surface area (Å²) in [6.45, 7) is 1.51. The number of amides is 1. The number of carbonyl (C=O) groups is 2. The fourth-order valence-electron chi connectivity index (χ4n) is 2.80. The van der Waals surface area contributed by atoms with Gasteiger partial charge in [0.05, 0.1) is 5.56 Å². The SMILES string of the molecule is Cc1c(Cl)cccc1NC(=O)COC(=O)c1csc2c1CCCC2. The molecule has 24 heavy (non-hydrogen) atoms. The number of aryl methyl sites for hydroxylation is 1. The summed E-state index contributed by atoms with van der Waals surface area (Å²) in [7, 11) is 0. The first-order valence-corrected chi connectivity index (χ1v) is 9.13. The summed E-state index contributed by atoms with van der Waals surface area (Å²) in [5.41, 5.74) is 3.12. The van der Waals surface area contributed by atoms with E-state index in [2.05, 4.69) is 5.32 Å². The molecule has 0 bridgehead atoms. The summed E-state index contributed by atoms with van der Waals surface area (Å²) in [6, 6.07) is 5.27. The number of rotatable bonds is 4. The molecule has 0 saturated carbocycles. The monoisotopic (exact) mass is 363 g/mol. The number of nitrogens with one attached hydrogen (secondary N) is 1. The van der Waals surface area contributed by atoms with Gasteiger partial charge < -0.3 is 10.1 Å². The maximum absolute atomic E-state index is 12.2. The lowest BCUT2D eigenvalue weighted by Crippen LogP contribution is -2.21. The zero-order valence-corrected chi connectivity index (χ0v) is 14.9. The van der Waals surface area contributed by atoms with Gasteiger partial charge in [0.15, 0.2) is 6.61 Å². The highest BCUT2D eigenvalue weighted by atomic mass is 35.5. The third kappa shape index (κ3) is 3.62. The number of carbonyl (C=O) groups excluding carboxylic acids is 2. The normalized spacial score (nSPS) is 13.2. The molecule has 0 spiro atoms. The number of benzene rings is 1. The summed E-state index contributed by atoms with van der Waals surface area (Å²) < 4.78 is 5.18. The summed E-state index contributed by atoms with van der Waals surface area (Å²) in [4.78, 5) is 25.5. The first kappa shape index (κ1) is 17.0. The van der Waals surface area contributed by atoms with Crippen LogP contribution in [0.5, 0.6) is 0 Å². The minimum absolute atomic E-state index is 0.310. The Morgan fingerprint density at radius 3 is 2.92 bits per heavy atom. The largest absolute Gasteiger partial charge is 0.452 e. The molecule has 1 aromatic carbocycles. The second-order valence-electron chi connectivity index (χ2n) is 5.79. The van der Waals surface area contributed by atoms with Gasteiger partial charge in [-0.05, 0) is 55.9 Å². The lowest BCUT2D eigenvalue weighted by Gasteiger charge is -2.13. The van der Waals surface area contributed by atoms with E-state index in [0.717, 1.165) is 30.4 Å². The molecule has 1 heterocycles. The van der Waals surface area contributed by atoms with E-state index < -0.39 is 5.97 Å². The van der Waals surface area contributed by atoms with E-state index in [-0.39, 0.29) is 12.5 Å². The van der Waals surface area contributed by atoms with Gasteiger partial charge in [0.25, 0.3) is 5.91 Å². The molecule has 3 rings (SSSR count). The second kappa shape index (κ2) is 7.36. The minimum Gasteiger partial charge on any atom is -0.452 e. The van der Waals surface area contributed by atoms with Crippen LogP contribution in [-0.2, 0) is 22.4 Å². The molecule has 0 fully saturated rings. The average Bonchev–Trinajstić information content (AvgIpc) is 3.01. The predicted molar refractivity (Wildman–Crippen MR) is 96.1 cm³/mol. The Kier molecular flexibility index (Phi) is 5.21. The number of thiophene rings is 1. The van der Waals surface area contributed by atoms with Crippen LogP contribution in [0.25, 0.3) is 0 Å². The van der Waals surface area contributed by atoms with Crippen LogP contribution in [0.1, 0.15) is 39.2 Å². The third-order valence-corrected chi connectivity index (χ3v) is 5.66. The third-order valence-electron chi connectivity index (χ3n) is 4.16. The minimum atomic E-state index is -0.424. The van der Waals surface area contributed by atoms with Crippen molar-refractivity contribution in [3.05, 3.63) is 50.2 Å². The maximum atomic E-state index is 12.2. The highest BCUT2D eigenvalue weighted by Gasteiger charge is 2.21. The van der Waals surface area contributed by atoms with Crippen molar-refractivity contribution in [2.75, 3.05) is 11.9 Å². The molecule has 4 nitrogen and oxygen atoms in total. The van der Waals surface area contributed by atoms with E-state index in [0.29, 0.717) is 16.3 Å². The molecule has 1 N–H and O–H groups in total. The molecule has 0 radical (unpaired) electrons. The molecule has 1 amide bonds. The molecule has 6 heteroatoms. The summed E-state index contributed by atoms with van der Waals surface area (Å²) in [6.07, 6.45) is 4.21. The first-order valence-electron chi connectivity index (χ1n) is 7.87. The van der Waals surface area contributed by atoms with Crippen molar-refractivity contribution in [2.24, 2.45) is 0 Å². The lowest BCUT2D eigenvalue weighted by molar-refractivity contribution is -0.119. The molecule has 1 aliphatic carbocycles. The fourth-order valence-corrected chi connectivity index (χ4v) is 4.09. The van der Waals surface area contributed by atoms with Gasteiger partial charge in [0.1, 0.15) is 0 Å². The Hall–Kier alpha value is -1.85. The van der Waals surface area contributed by atoms with Crippen LogP contribution in [0.4, 0.5) is 5.69 Å². The highest BCUT2D eigenvalue weighted by molar-refractivity contribution is 7.10. The molecule has 1 aromatic heterocycles. The predicted octanol–water partition coefficient (Wildman–Crippen LogP) is 4.38. The number of halogens is 1. The van der Waals surface area contributed by atoms with E-state index in [4.69, 9.17) is 16.3 Å². The molecule has 0 saturated heterocycles. The molecular weight excluding hydrogens is 346 g/mol. The van der Waals surface area contributed by atoms with Gasteiger partial charge in [-0.15, -0.1) is 11.3 Å². The first-order chi connectivity index (χ1) is 11.6. The number of anilines is 1. The van der Waals surface area contributed by atoms with Gasteiger partial charge in [0.2, 0.25) is 0 Å². The van der Waals surface area contributed by atoms with Crippen molar-refractivity contribution in [1.29, 1.82) is 0 Å². The molecule has 2 aromatic rings. The second-order valence-corrected chi connectivity index (χ2v) is 7.17. The molecule has 126 valence electrons. The standard InChI is InChI=1S/C18H18ClNO3S/c1-11-14(19)6-4-7-15(11)20-17(21)9-23-18(22)13-10-24-16-8-3-2-5-12(13)16/h4,6-7,10H,2-3,5,8-9H2,1H3,(H,20,21). The van der Waals surface area contributed by atoms with Gasteiger partial charge in [-0.3, -0.25) is 4.79 Å². The van der Waals surface area contributed by atoms with E-state index >= 15 is 0 Å². The molecule has 0 unspecified atom stereocenters. The van der Waals surface area contributed by atoms with E-state index in [1.165, 1.54) is 11.3 Å². The van der Waals surface area contributed by atoms with Crippen molar-refractivity contribution in [1.82, 2.24) is 0 Å². The number of fused-ring (bicyclic) bond motifs is 1. The van der Waals surface area contributed by atoms with Crippen LogP contribution >= 0.6 is 22.9 Å². The average molecular weight is 364 g/mol. The maximum Gasteiger partial charge on any atom is 0.339 e. The van der Waals surface area contributed by atoms with E-state index in [1.54, 1.807) is 29.5 Å². The van der Waals surface area contributed by atoms with Gasteiger partial charge in [-0.25, -0.2) is 4.79 Å². The quantitative estimate of drug-likeness (QED) is 0.820. The van der Waals surface area contributed by atoms with Gasteiger partial charge in [-0.1, -0.05) is 17.7 Å². The number of ether oxygens (including phenoxy) is 1. The van der Waals surface area contributed by atoms with Crippen LogP contribution in [0, 0.1) is 6.92 Å². The van der Waals surface area contributed by atoms with Crippen molar-refractivity contribution >= 4 is 40.5 Å². The summed E-state index contributed by atoms with van der Waals surface area (Å²) in [5.74, 6) is -0.801. The van der Waals surface area contributed by atoms with Gasteiger partial charge in [0, 0.05) is 21.0 Å². The van der Waals surface area contributed by atoms with Crippen LogP contribution < -0.4 is 5.32 Å². The Labute approximate surface area is 149 Å². The van der Waals surface area contributed by atoms with Crippen LogP contribution in [0.3, 0.4) is 0 Å². The summed E-state index contributed by atoms with van der Waals surface area (Å²) >= 11 is 7.63. The van der Waals surface area contributed by atoms with Crippen molar-refractivity contribution < 1.29 is 14.3 Å². The Balaban J connectivity index is 1.59. The zero-order chi connectivity index (χ0) is 17.1. The van der Waals surface area contributed by atoms with Crippen molar-refractivity contribution in [3.63, 3.8) is 0 Å². The van der Waals surface area contributed by atoms with Crippen LogP contribution in [0.15, 0.2) is 23.6 Å². The molecular formula is C18H18ClNO3S. The lowest BCUT2D eigenvalue weighted by atomic mass is 9.96. The van der Waals surface area contributed by atoms with Gasteiger partial charge in [-0.2, -0.15) is 0 Å². The molecule has 1 aliphatic rings.